The molecule has 0 aliphatic heterocycles. The fourth-order valence-corrected chi connectivity index (χ4v) is 3.31. The lowest BCUT2D eigenvalue weighted by Gasteiger charge is -2.17. The van der Waals surface area contributed by atoms with Crippen LogP contribution >= 0.6 is 0 Å². The smallest absolute Gasteiger partial charge is 0.161 e. The number of benzene rings is 1. The first-order valence-electron chi connectivity index (χ1n) is 9.08. The van der Waals surface area contributed by atoms with Crippen molar-refractivity contribution in [1.29, 1.82) is 0 Å². The highest BCUT2D eigenvalue weighted by molar-refractivity contribution is 5.77. The number of hydrogen-bond acceptors (Lipinski definition) is 6. The van der Waals surface area contributed by atoms with Gasteiger partial charge in [0.15, 0.2) is 5.65 Å². The Kier molecular flexibility index (Phi) is 4.57. The molecule has 7 heteroatoms. The molecule has 0 amide bonds. The van der Waals surface area contributed by atoms with E-state index in [1.165, 1.54) is 0 Å². The Bertz CT molecular complexity index is 1100. The summed E-state index contributed by atoms with van der Waals surface area (Å²) >= 11 is 0. The van der Waals surface area contributed by atoms with Crippen LogP contribution in [0, 0.1) is 6.92 Å². The van der Waals surface area contributed by atoms with E-state index < -0.39 is 0 Å². The number of fused-ring (bicyclic) bond motifs is 1. The van der Waals surface area contributed by atoms with Gasteiger partial charge in [-0.2, -0.15) is 0 Å². The molecule has 7 nitrogen and oxygen atoms in total. The number of nitrogen functional groups attached to an aromatic ring is 2. The summed E-state index contributed by atoms with van der Waals surface area (Å²) in [6.07, 6.45) is 0. The van der Waals surface area contributed by atoms with Crippen LogP contribution in [0.25, 0.3) is 22.4 Å². The number of para-hydroxylation sites is 1. The van der Waals surface area contributed by atoms with Crippen LogP contribution in [0.1, 0.15) is 18.8 Å². The van der Waals surface area contributed by atoms with E-state index in [0.29, 0.717) is 18.2 Å². The lowest BCUT2D eigenvalue weighted by molar-refractivity contribution is 0.261. The molecule has 28 heavy (non-hydrogen) atoms. The van der Waals surface area contributed by atoms with Crippen LogP contribution < -0.4 is 16.2 Å². The van der Waals surface area contributed by atoms with Crippen LogP contribution in [0.3, 0.4) is 0 Å². The maximum absolute atomic E-state index is 5.92. The van der Waals surface area contributed by atoms with Crippen molar-refractivity contribution in [3.05, 3.63) is 60.4 Å². The van der Waals surface area contributed by atoms with Crippen LogP contribution in [0.4, 0.5) is 11.6 Å². The number of pyridine rings is 2. The molecule has 1 atom stereocenters. The number of nitrogens with zero attached hydrogens (tertiary/aromatic N) is 4. The summed E-state index contributed by atoms with van der Waals surface area (Å²) in [7, 11) is 0. The quantitative estimate of drug-likeness (QED) is 0.553. The number of aromatic nitrogens is 4. The molecule has 0 bridgehead atoms. The molecule has 0 saturated heterocycles. The Morgan fingerprint density at radius 1 is 0.964 bits per heavy atom. The van der Waals surface area contributed by atoms with Gasteiger partial charge in [-0.1, -0.05) is 18.2 Å². The summed E-state index contributed by atoms with van der Waals surface area (Å²) in [5.41, 5.74) is 14.9. The van der Waals surface area contributed by atoms with Crippen molar-refractivity contribution < 1.29 is 4.74 Å². The fraction of sp³-hybridized carbons (Fsp3) is 0.190. The van der Waals surface area contributed by atoms with Crippen molar-refractivity contribution in [1.82, 2.24) is 19.5 Å². The largest absolute Gasteiger partial charge is 0.491 e. The van der Waals surface area contributed by atoms with Crippen LogP contribution in [-0.2, 0) is 0 Å². The van der Waals surface area contributed by atoms with Gasteiger partial charge in [0.25, 0.3) is 0 Å². The first-order valence-corrected chi connectivity index (χ1v) is 9.08. The van der Waals surface area contributed by atoms with Gasteiger partial charge in [0.2, 0.25) is 0 Å². The van der Waals surface area contributed by atoms with Gasteiger partial charge in [-0.25, -0.2) is 15.0 Å². The highest BCUT2D eigenvalue weighted by Gasteiger charge is 2.16. The molecule has 0 fully saturated rings. The lowest BCUT2D eigenvalue weighted by atomic mass is 10.1. The maximum atomic E-state index is 5.92. The number of imidazole rings is 1. The molecule has 3 heterocycles. The average Bonchev–Trinajstić information content (AvgIpc) is 3.01. The predicted molar refractivity (Wildman–Crippen MR) is 111 cm³/mol. The first-order chi connectivity index (χ1) is 13.5. The number of hydrogen-bond donors (Lipinski definition) is 2. The summed E-state index contributed by atoms with van der Waals surface area (Å²) in [6.45, 7) is 4.58. The SMILES string of the molecule is Cc1nc2ccc(-c3cc(N)nc(N)c3)nc2n1C(C)COc1ccccc1. The Labute approximate surface area is 163 Å². The highest BCUT2D eigenvalue weighted by atomic mass is 16.5. The van der Waals surface area contributed by atoms with E-state index in [1.807, 2.05) is 49.4 Å². The third kappa shape index (κ3) is 3.46. The molecule has 4 aromatic rings. The Morgan fingerprint density at radius 3 is 2.39 bits per heavy atom. The second-order valence-electron chi connectivity index (χ2n) is 6.75. The standard InChI is InChI=1S/C21H22N6O/c1-13(12-28-16-6-4-3-5-7-16)27-14(2)24-18-9-8-17(25-21(18)27)15-10-19(22)26-20(23)11-15/h3-11,13H,12H2,1-2H3,(H4,22,23,26). The van der Waals surface area contributed by atoms with E-state index in [0.717, 1.165) is 34.0 Å². The Hall–Kier alpha value is -3.61. The minimum atomic E-state index is 0.0561. The van der Waals surface area contributed by atoms with Crippen molar-refractivity contribution in [2.24, 2.45) is 0 Å². The second kappa shape index (κ2) is 7.19. The molecule has 142 valence electrons. The van der Waals surface area contributed by atoms with Crippen molar-refractivity contribution in [2.45, 2.75) is 19.9 Å². The van der Waals surface area contributed by atoms with Crippen molar-refractivity contribution in [2.75, 3.05) is 18.1 Å². The van der Waals surface area contributed by atoms with Gasteiger partial charge in [-0.05, 0) is 50.2 Å². The van der Waals surface area contributed by atoms with Gasteiger partial charge in [-0.15, -0.1) is 0 Å². The molecule has 0 radical (unpaired) electrons. The van der Waals surface area contributed by atoms with Gasteiger partial charge in [0, 0.05) is 5.56 Å². The number of rotatable bonds is 5. The summed E-state index contributed by atoms with van der Waals surface area (Å²) in [6, 6.07) is 17.2. The molecule has 4 N–H and O–H groups in total. The predicted octanol–water partition coefficient (Wildman–Crippen LogP) is 3.61. The first kappa shape index (κ1) is 17.8. The van der Waals surface area contributed by atoms with E-state index in [-0.39, 0.29) is 6.04 Å². The van der Waals surface area contributed by atoms with Gasteiger partial charge >= 0.3 is 0 Å². The molecular formula is C21H22N6O. The van der Waals surface area contributed by atoms with E-state index in [1.54, 1.807) is 12.1 Å². The second-order valence-corrected chi connectivity index (χ2v) is 6.75. The third-order valence-electron chi connectivity index (χ3n) is 4.55. The van der Waals surface area contributed by atoms with E-state index in [9.17, 15) is 0 Å². The fourth-order valence-electron chi connectivity index (χ4n) is 3.31. The number of ether oxygens (including phenoxy) is 1. The highest BCUT2D eigenvalue weighted by Crippen LogP contribution is 2.26. The molecule has 0 spiro atoms. The molecule has 0 aliphatic rings. The van der Waals surface area contributed by atoms with Crippen LogP contribution in [0.2, 0.25) is 0 Å². The molecule has 3 aromatic heterocycles. The molecule has 0 saturated carbocycles. The molecule has 0 aliphatic carbocycles. The summed E-state index contributed by atoms with van der Waals surface area (Å²) in [4.78, 5) is 13.5. The van der Waals surface area contributed by atoms with E-state index in [2.05, 4.69) is 21.5 Å². The lowest BCUT2D eigenvalue weighted by Crippen LogP contribution is -2.16. The zero-order valence-corrected chi connectivity index (χ0v) is 15.8. The molecular weight excluding hydrogens is 352 g/mol. The monoisotopic (exact) mass is 374 g/mol. The van der Waals surface area contributed by atoms with Gasteiger partial charge in [0.1, 0.15) is 35.3 Å². The van der Waals surface area contributed by atoms with Gasteiger partial charge in [0.05, 0.1) is 11.7 Å². The molecule has 4 rings (SSSR count). The number of aryl methyl sites for hydroxylation is 1. The van der Waals surface area contributed by atoms with Gasteiger partial charge < -0.3 is 20.8 Å². The zero-order chi connectivity index (χ0) is 19.7. The molecule has 1 unspecified atom stereocenters. The van der Waals surface area contributed by atoms with E-state index in [4.69, 9.17) is 21.2 Å². The van der Waals surface area contributed by atoms with E-state index >= 15 is 0 Å². The van der Waals surface area contributed by atoms with Crippen LogP contribution in [0.5, 0.6) is 5.75 Å². The van der Waals surface area contributed by atoms with Crippen molar-refractivity contribution in [3.8, 4) is 17.0 Å². The topological polar surface area (TPSA) is 105 Å². The third-order valence-corrected chi connectivity index (χ3v) is 4.55. The summed E-state index contributed by atoms with van der Waals surface area (Å²) in [5.74, 6) is 2.46. The number of nitrogens with two attached hydrogens (primary N) is 2. The maximum Gasteiger partial charge on any atom is 0.161 e. The summed E-state index contributed by atoms with van der Waals surface area (Å²) < 4.78 is 8.02. The summed E-state index contributed by atoms with van der Waals surface area (Å²) in [5, 5.41) is 0. The minimum Gasteiger partial charge on any atom is -0.491 e. The van der Waals surface area contributed by atoms with Crippen LogP contribution in [0.15, 0.2) is 54.6 Å². The van der Waals surface area contributed by atoms with Gasteiger partial charge in [-0.3, -0.25) is 0 Å². The Balaban J connectivity index is 1.68. The normalized spacial score (nSPS) is 12.2. The van der Waals surface area contributed by atoms with Crippen LogP contribution in [-0.4, -0.2) is 26.1 Å². The average molecular weight is 374 g/mol. The molecule has 1 aromatic carbocycles. The Morgan fingerprint density at radius 2 is 1.68 bits per heavy atom. The zero-order valence-electron chi connectivity index (χ0n) is 15.8. The van der Waals surface area contributed by atoms with Crippen molar-refractivity contribution >= 4 is 22.8 Å². The minimum absolute atomic E-state index is 0.0561. The van der Waals surface area contributed by atoms with Crippen molar-refractivity contribution in [3.63, 3.8) is 0 Å². The number of anilines is 2.